The number of fused-ring (bicyclic) bond motifs is 2. The van der Waals surface area contributed by atoms with E-state index in [0.29, 0.717) is 0 Å². The number of nitrogens with zero attached hydrogens (tertiary/aromatic N) is 1. The summed E-state index contributed by atoms with van der Waals surface area (Å²) in [6.45, 7) is 0. The summed E-state index contributed by atoms with van der Waals surface area (Å²) < 4.78 is 0. The minimum absolute atomic E-state index is 1.11. The van der Waals surface area contributed by atoms with Crippen LogP contribution in [0.4, 0.5) is 17.1 Å². The predicted octanol–water partition coefficient (Wildman–Crippen LogP) is 14.1. The van der Waals surface area contributed by atoms with Crippen molar-refractivity contribution in [1.29, 1.82) is 0 Å². The molecule has 0 N–H and O–H groups in total. The van der Waals surface area contributed by atoms with Crippen LogP contribution in [0.25, 0.3) is 66.1 Å². The number of anilines is 3. The van der Waals surface area contributed by atoms with Gasteiger partial charge in [-0.3, -0.25) is 0 Å². The molecule has 0 fully saturated rings. The maximum atomic E-state index is 2.36. The summed E-state index contributed by atoms with van der Waals surface area (Å²) in [4.78, 5) is 2.36. The van der Waals surface area contributed by atoms with E-state index in [2.05, 4.69) is 217 Å². The molecule has 0 aliphatic heterocycles. The van der Waals surface area contributed by atoms with E-state index in [4.69, 9.17) is 0 Å². The van der Waals surface area contributed by atoms with Crippen molar-refractivity contribution in [1.82, 2.24) is 0 Å². The molecule has 0 amide bonds. The van der Waals surface area contributed by atoms with E-state index in [0.717, 1.165) is 17.1 Å². The van der Waals surface area contributed by atoms with E-state index < -0.39 is 0 Å². The summed E-state index contributed by atoms with van der Waals surface area (Å²) in [5.74, 6) is 0. The molecule has 0 radical (unpaired) electrons. The van der Waals surface area contributed by atoms with Gasteiger partial charge < -0.3 is 4.90 Å². The summed E-state index contributed by atoms with van der Waals surface area (Å²) in [6, 6.07) is 76.6. The van der Waals surface area contributed by atoms with Crippen LogP contribution in [0.2, 0.25) is 0 Å². The number of hydrogen-bond acceptors (Lipinski definition) is 1. The molecular weight excluding hydrogens is 615 g/mol. The summed E-state index contributed by atoms with van der Waals surface area (Å²) in [5, 5.41) is 5.02. The smallest absolute Gasteiger partial charge is 0.0467 e. The Morgan fingerprint density at radius 3 is 1.33 bits per heavy atom. The van der Waals surface area contributed by atoms with Gasteiger partial charge in [0.1, 0.15) is 0 Å². The molecule has 240 valence electrons. The molecule has 0 heterocycles. The standard InChI is InChI=1S/C50H35N/c1-3-12-36(13-4-1)40-18-9-20-47(34-40)51(48-21-10-19-41(35-48)37-14-5-2-6-15-37)46-30-28-38(29-31-46)42-24-25-44-33-45(27-26-43(44)32-42)50-23-11-17-39-16-7-8-22-49(39)50/h1-35H. The zero-order valence-corrected chi connectivity index (χ0v) is 28.2. The number of benzene rings is 9. The van der Waals surface area contributed by atoms with Crippen LogP contribution >= 0.6 is 0 Å². The van der Waals surface area contributed by atoms with Crippen molar-refractivity contribution >= 4 is 38.6 Å². The largest absolute Gasteiger partial charge is 0.310 e. The Balaban J connectivity index is 1.08. The van der Waals surface area contributed by atoms with Gasteiger partial charge in [-0.2, -0.15) is 0 Å². The van der Waals surface area contributed by atoms with Crippen molar-refractivity contribution in [2.75, 3.05) is 4.90 Å². The highest BCUT2D eigenvalue weighted by Crippen LogP contribution is 2.39. The van der Waals surface area contributed by atoms with Crippen molar-refractivity contribution in [3.05, 3.63) is 212 Å². The van der Waals surface area contributed by atoms with Crippen molar-refractivity contribution < 1.29 is 0 Å². The van der Waals surface area contributed by atoms with Crippen LogP contribution in [0.15, 0.2) is 212 Å². The lowest BCUT2D eigenvalue weighted by molar-refractivity contribution is 1.28. The first-order valence-corrected chi connectivity index (χ1v) is 17.5. The third kappa shape index (κ3) is 6.07. The Morgan fingerprint density at radius 1 is 0.235 bits per heavy atom. The van der Waals surface area contributed by atoms with Gasteiger partial charge in [0.2, 0.25) is 0 Å². The van der Waals surface area contributed by atoms with Crippen molar-refractivity contribution in [2.24, 2.45) is 0 Å². The Bertz CT molecular complexity index is 2530. The summed E-state index contributed by atoms with van der Waals surface area (Å²) >= 11 is 0. The van der Waals surface area contributed by atoms with Crippen LogP contribution in [-0.4, -0.2) is 0 Å². The lowest BCUT2D eigenvalue weighted by atomic mass is 9.95. The van der Waals surface area contributed by atoms with Gasteiger partial charge >= 0.3 is 0 Å². The molecule has 9 rings (SSSR count). The van der Waals surface area contributed by atoms with Gasteiger partial charge in [0, 0.05) is 17.1 Å². The normalized spacial score (nSPS) is 11.1. The molecule has 0 saturated carbocycles. The first kappa shape index (κ1) is 30.4. The van der Waals surface area contributed by atoms with Crippen LogP contribution in [0.3, 0.4) is 0 Å². The highest BCUT2D eigenvalue weighted by molar-refractivity contribution is 5.99. The first-order valence-electron chi connectivity index (χ1n) is 17.5. The molecule has 0 spiro atoms. The Kier molecular flexibility index (Phi) is 7.92. The maximum Gasteiger partial charge on any atom is 0.0467 e. The van der Waals surface area contributed by atoms with Gasteiger partial charge in [0.05, 0.1) is 0 Å². The van der Waals surface area contributed by atoms with Gasteiger partial charge in [-0.15, -0.1) is 0 Å². The molecule has 1 nitrogen and oxygen atoms in total. The second kappa shape index (κ2) is 13.3. The van der Waals surface area contributed by atoms with Gasteiger partial charge in [-0.05, 0) is 115 Å². The zero-order valence-electron chi connectivity index (χ0n) is 28.2. The maximum absolute atomic E-state index is 2.36. The fourth-order valence-electron chi connectivity index (χ4n) is 7.23. The second-order valence-corrected chi connectivity index (χ2v) is 13.0. The van der Waals surface area contributed by atoms with E-state index in [9.17, 15) is 0 Å². The van der Waals surface area contributed by atoms with E-state index >= 15 is 0 Å². The lowest BCUT2D eigenvalue weighted by Gasteiger charge is -2.27. The molecule has 51 heavy (non-hydrogen) atoms. The Morgan fingerprint density at radius 2 is 0.686 bits per heavy atom. The molecule has 0 bridgehead atoms. The SMILES string of the molecule is c1ccc(-c2cccc(N(c3ccc(-c4ccc5cc(-c6cccc7ccccc67)ccc5c4)cc3)c3cccc(-c4ccccc4)c3)c2)cc1. The van der Waals surface area contributed by atoms with Gasteiger partial charge in [0.25, 0.3) is 0 Å². The van der Waals surface area contributed by atoms with Gasteiger partial charge in [0.15, 0.2) is 0 Å². The molecule has 9 aromatic rings. The van der Waals surface area contributed by atoms with Crippen LogP contribution in [-0.2, 0) is 0 Å². The summed E-state index contributed by atoms with van der Waals surface area (Å²) in [7, 11) is 0. The van der Waals surface area contributed by atoms with Crippen molar-refractivity contribution in [3.8, 4) is 44.5 Å². The highest BCUT2D eigenvalue weighted by atomic mass is 15.1. The Labute approximate surface area is 299 Å². The van der Waals surface area contributed by atoms with Crippen LogP contribution < -0.4 is 4.90 Å². The third-order valence-corrected chi connectivity index (χ3v) is 9.82. The molecule has 0 aliphatic rings. The molecular formula is C50H35N. The van der Waals surface area contributed by atoms with E-state index in [-0.39, 0.29) is 0 Å². The molecule has 0 atom stereocenters. The van der Waals surface area contributed by atoms with Gasteiger partial charge in [-0.1, -0.05) is 164 Å². The monoisotopic (exact) mass is 649 g/mol. The molecule has 1 heteroatoms. The van der Waals surface area contributed by atoms with Crippen molar-refractivity contribution in [2.45, 2.75) is 0 Å². The molecule has 9 aromatic carbocycles. The molecule has 0 aromatic heterocycles. The van der Waals surface area contributed by atoms with E-state index in [1.807, 2.05) is 0 Å². The topological polar surface area (TPSA) is 3.24 Å². The highest BCUT2D eigenvalue weighted by Gasteiger charge is 2.15. The zero-order chi connectivity index (χ0) is 34.0. The fraction of sp³-hybridized carbons (Fsp3) is 0. The van der Waals surface area contributed by atoms with E-state index in [1.54, 1.807) is 0 Å². The first-order chi connectivity index (χ1) is 25.3. The minimum Gasteiger partial charge on any atom is -0.310 e. The average Bonchev–Trinajstić information content (AvgIpc) is 3.21. The van der Waals surface area contributed by atoms with Crippen LogP contribution in [0, 0.1) is 0 Å². The molecule has 0 saturated heterocycles. The Hall–Kier alpha value is -6.70. The summed E-state index contributed by atoms with van der Waals surface area (Å²) in [5.41, 5.74) is 13.0. The molecule has 0 aliphatic carbocycles. The third-order valence-electron chi connectivity index (χ3n) is 9.82. The van der Waals surface area contributed by atoms with Crippen LogP contribution in [0.1, 0.15) is 0 Å². The number of hydrogen-bond donors (Lipinski definition) is 0. The lowest BCUT2D eigenvalue weighted by Crippen LogP contribution is -2.10. The average molecular weight is 650 g/mol. The fourth-order valence-corrected chi connectivity index (χ4v) is 7.23. The summed E-state index contributed by atoms with van der Waals surface area (Å²) in [6.07, 6.45) is 0. The quantitative estimate of drug-likeness (QED) is 0.166. The molecule has 0 unspecified atom stereocenters. The second-order valence-electron chi connectivity index (χ2n) is 13.0. The van der Waals surface area contributed by atoms with E-state index in [1.165, 1.54) is 66.1 Å². The predicted molar refractivity (Wildman–Crippen MR) is 218 cm³/mol. The van der Waals surface area contributed by atoms with Crippen LogP contribution in [0.5, 0.6) is 0 Å². The number of rotatable bonds is 7. The van der Waals surface area contributed by atoms with Crippen molar-refractivity contribution in [3.63, 3.8) is 0 Å². The van der Waals surface area contributed by atoms with Gasteiger partial charge in [-0.25, -0.2) is 0 Å². The minimum atomic E-state index is 1.11.